The van der Waals surface area contributed by atoms with E-state index >= 15 is 0 Å². The molecule has 0 heteroatoms. The fraction of sp³-hybridized carbons (Fsp3) is 0.571. The lowest BCUT2D eigenvalue weighted by atomic mass is 9.80. The summed E-state index contributed by atoms with van der Waals surface area (Å²) >= 11 is 0. The number of aryl methyl sites for hydroxylation is 1. The van der Waals surface area contributed by atoms with Crippen LogP contribution < -0.4 is 0 Å². The molecule has 0 aliphatic carbocycles. The van der Waals surface area contributed by atoms with Crippen LogP contribution in [0.5, 0.6) is 0 Å². The predicted octanol–water partition coefficient (Wildman–Crippen LogP) is 4.26. The normalized spacial score (nSPS) is 11.7. The van der Waals surface area contributed by atoms with Crippen molar-refractivity contribution >= 4 is 0 Å². The molecule has 1 rings (SSSR count). The van der Waals surface area contributed by atoms with Crippen LogP contribution in [-0.4, -0.2) is 0 Å². The minimum absolute atomic E-state index is 0.280. The van der Waals surface area contributed by atoms with Crippen LogP contribution in [0.15, 0.2) is 18.2 Å². The third kappa shape index (κ3) is 2.87. The molecule has 0 saturated heterocycles. The average Bonchev–Trinajstić information content (AvgIpc) is 2.15. The molecule has 0 spiro atoms. The Morgan fingerprint density at radius 2 is 2.07 bits per heavy atom. The smallest absolute Gasteiger partial charge is 0.00973 e. The summed E-state index contributed by atoms with van der Waals surface area (Å²) in [6.07, 6.45) is 3.83. The molecule has 1 radical (unpaired) electrons. The molecule has 77 valence electrons. The molecular formula is C14H21. The molecule has 0 fully saturated rings. The summed E-state index contributed by atoms with van der Waals surface area (Å²) in [4.78, 5) is 0. The predicted molar refractivity (Wildman–Crippen MR) is 62.6 cm³/mol. The summed E-state index contributed by atoms with van der Waals surface area (Å²) in [5.41, 5.74) is 2.97. The Balaban J connectivity index is 2.80. The average molecular weight is 189 g/mol. The van der Waals surface area contributed by atoms with Gasteiger partial charge in [0.25, 0.3) is 0 Å². The van der Waals surface area contributed by atoms with Crippen molar-refractivity contribution in [2.45, 2.75) is 52.4 Å². The molecule has 0 heterocycles. The van der Waals surface area contributed by atoms with Crippen LogP contribution in [0.2, 0.25) is 0 Å². The van der Waals surface area contributed by atoms with E-state index in [1.165, 1.54) is 30.4 Å². The fourth-order valence-electron chi connectivity index (χ4n) is 1.72. The lowest BCUT2D eigenvalue weighted by molar-refractivity contribution is 0.457. The molecule has 0 amide bonds. The lowest BCUT2D eigenvalue weighted by Gasteiger charge is -2.25. The number of hydrogen-bond acceptors (Lipinski definition) is 0. The van der Waals surface area contributed by atoms with Crippen molar-refractivity contribution in [1.29, 1.82) is 0 Å². The lowest BCUT2D eigenvalue weighted by Crippen LogP contribution is -2.17. The third-order valence-electron chi connectivity index (χ3n) is 2.84. The third-order valence-corrected chi connectivity index (χ3v) is 2.84. The molecule has 0 nitrogen and oxygen atoms in total. The van der Waals surface area contributed by atoms with Crippen molar-refractivity contribution in [3.05, 3.63) is 35.4 Å². The van der Waals surface area contributed by atoms with E-state index < -0.39 is 0 Å². The summed E-state index contributed by atoms with van der Waals surface area (Å²) in [5, 5.41) is 0. The van der Waals surface area contributed by atoms with Gasteiger partial charge in [-0.25, -0.2) is 0 Å². The zero-order chi connectivity index (χ0) is 10.6. The molecule has 1 aromatic rings. The van der Waals surface area contributed by atoms with Gasteiger partial charge in [0, 0.05) is 0 Å². The van der Waals surface area contributed by atoms with Gasteiger partial charge >= 0.3 is 0 Å². The van der Waals surface area contributed by atoms with Gasteiger partial charge in [0.2, 0.25) is 0 Å². The van der Waals surface area contributed by atoms with E-state index in [2.05, 4.69) is 45.9 Å². The fourth-order valence-corrected chi connectivity index (χ4v) is 1.72. The van der Waals surface area contributed by atoms with E-state index in [-0.39, 0.29) is 5.41 Å². The zero-order valence-corrected chi connectivity index (χ0v) is 9.85. The maximum atomic E-state index is 3.36. The summed E-state index contributed by atoms with van der Waals surface area (Å²) in [7, 11) is 0. The topological polar surface area (TPSA) is 0 Å². The first-order valence-corrected chi connectivity index (χ1v) is 5.55. The molecule has 0 aromatic heterocycles. The summed E-state index contributed by atoms with van der Waals surface area (Å²) in [6.45, 7) is 9.02. The minimum atomic E-state index is 0.280. The molecule has 0 aliphatic heterocycles. The Bertz CT molecular complexity index is 284. The Morgan fingerprint density at radius 3 is 2.64 bits per heavy atom. The van der Waals surface area contributed by atoms with E-state index in [9.17, 15) is 0 Å². The van der Waals surface area contributed by atoms with Crippen molar-refractivity contribution in [2.24, 2.45) is 0 Å². The molecule has 0 unspecified atom stereocenters. The highest BCUT2D eigenvalue weighted by atomic mass is 14.2. The Kier molecular flexibility index (Phi) is 3.74. The van der Waals surface area contributed by atoms with Crippen LogP contribution in [0, 0.1) is 13.0 Å². The van der Waals surface area contributed by atoms with Crippen LogP contribution in [0.3, 0.4) is 0 Å². The van der Waals surface area contributed by atoms with Crippen LogP contribution in [0.25, 0.3) is 0 Å². The largest absolute Gasteiger partial charge is 0.0654 e. The quantitative estimate of drug-likeness (QED) is 0.663. The summed E-state index contributed by atoms with van der Waals surface area (Å²) in [5.74, 6) is 0. The Morgan fingerprint density at radius 1 is 1.36 bits per heavy atom. The first-order chi connectivity index (χ1) is 6.56. The molecule has 0 saturated carbocycles. The van der Waals surface area contributed by atoms with Gasteiger partial charge in [0.05, 0.1) is 0 Å². The SMILES string of the molecule is CCCCC(C)(C)c1[c]ccc(C)c1. The van der Waals surface area contributed by atoms with Crippen LogP contribution in [0.1, 0.15) is 51.2 Å². The van der Waals surface area contributed by atoms with Gasteiger partial charge in [0.15, 0.2) is 0 Å². The highest BCUT2D eigenvalue weighted by Gasteiger charge is 2.19. The summed E-state index contributed by atoms with van der Waals surface area (Å²) < 4.78 is 0. The van der Waals surface area contributed by atoms with Crippen LogP contribution >= 0.6 is 0 Å². The first kappa shape index (κ1) is 11.3. The maximum Gasteiger partial charge on any atom is -0.00973 e. The molecule has 0 atom stereocenters. The number of hydrogen-bond donors (Lipinski definition) is 0. The number of benzene rings is 1. The van der Waals surface area contributed by atoms with E-state index in [1.807, 2.05) is 6.07 Å². The van der Waals surface area contributed by atoms with Crippen molar-refractivity contribution in [3.63, 3.8) is 0 Å². The van der Waals surface area contributed by atoms with Crippen LogP contribution in [-0.2, 0) is 5.41 Å². The molecular weight excluding hydrogens is 168 g/mol. The van der Waals surface area contributed by atoms with Gasteiger partial charge < -0.3 is 0 Å². The van der Waals surface area contributed by atoms with E-state index in [4.69, 9.17) is 0 Å². The number of unbranched alkanes of at least 4 members (excludes halogenated alkanes) is 1. The Labute approximate surface area is 88.4 Å². The molecule has 14 heavy (non-hydrogen) atoms. The second-order valence-electron chi connectivity index (χ2n) is 4.77. The zero-order valence-electron chi connectivity index (χ0n) is 9.85. The summed E-state index contributed by atoms with van der Waals surface area (Å²) in [6, 6.07) is 9.77. The molecule has 1 aromatic carbocycles. The second kappa shape index (κ2) is 4.63. The van der Waals surface area contributed by atoms with Crippen molar-refractivity contribution in [2.75, 3.05) is 0 Å². The van der Waals surface area contributed by atoms with Crippen molar-refractivity contribution in [3.8, 4) is 0 Å². The van der Waals surface area contributed by atoms with Gasteiger partial charge in [-0.15, -0.1) is 0 Å². The second-order valence-corrected chi connectivity index (χ2v) is 4.77. The standard InChI is InChI=1S/C14H21/c1-5-6-10-14(3,4)13-9-7-8-12(2)11-13/h7-8,11H,5-6,10H2,1-4H3. The van der Waals surface area contributed by atoms with Crippen molar-refractivity contribution in [1.82, 2.24) is 0 Å². The van der Waals surface area contributed by atoms with Gasteiger partial charge in [-0.05, 0) is 30.4 Å². The van der Waals surface area contributed by atoms with Gasteiger partial charge in [-0.1, -0.05) is 57.4 Å². The molecule has 0 aliphatic rings. The van der Waals surface area contributed by atoms with Crippen LogP contribution in [0.4, 0.5) is 0 Å². The number of rotatable bonds is 4. The molecule has 0 bridgehead atoms. The first-order valence-electron chi connectivity index (χ1n) is 5.55. The molecule has 0 N–H and O–H groups in total. The van der Waals surface area contributed by atoms with Gasteiger partial charge in [-0.3, -0.25) is 0 Å². The Hall–Kier alpha value is -0.780. The monoisotopic (exact) mass is 189 g/mol. The van der Waals surface area contributed by atoms with E-state index in [1.54, 1.807) is 0 Å². The highest BCUT2D eigenvalue weighted by Crippen LogP contribution is 2.28. The van der Waals surface area contributed by atoms with Gasteiger partial charge in [-0.2, -0.15) is 0 Å². The van der Waals surface area contributed by atoms with Crippen molar-refractivity contribution < 1.29 is 0 Å². The maximum absolute atomic E-state index is 3.36. The minimum Gasteiger partial charge on any atom is -0.0654 e. The van der Waals surface area contributed by atoms with E-state index in [0.29, 0.717) is 0 Å². The highest BCUT2D eigenvalue weighted by molar-refractivity contribution is 5.27. The van der Waals surface area contributed by atoms with Gasteiger partial charge in [0.1, 0.15) is 0 Å². The van der Waals surface area contributed by atoms with E-state index in [0.717, 1.165) is 0 Å².